The molecule has 1 aliphatic carbocycles. The van der Waals surface area contributed by atoms with Crippen molar-refractivity contribution in [3.63, 3.8) is 0 Å². The second-order valence-electron chi connectivity index (χ2n) is 8.84. The lowest BCUT2D eigenvalue weighted by Gasteiger charge is -2.23. The van der Waals surface area contributed by atoms with Gasteiger partial charge in [-0.3, -0.25) is 14.6 Å². The molecule has 29 heavy (non-hydrogen) atoms. The molecule has 0 saturated heterocycles. The number of carbonyl (C=O) groups excluding carboxylic acids is 2. The average molecular weight is 394 g/mol. The highest BCUT2D eigenvalue weighted by atomic mass is 16.2. The van der Waals surface area contributed by atoms with Crippen LogP contribution in [0.15, 0.2) is 42.6 Å². The van der Waals surface area contributed by atoms with Crippen LogP contribution in [0.5, 0.6) is 0 Å². The molecule has 1 aromatic heterocycles. The van der Waals surface area contributed by atoms with Crippen LogP contribution >= 0.6 is 0 Å². The van der Waals surface area contributed by atoms with Crippen molar-refractivity contribution in [1.82, 2.24) is 10.3 Å². The van der Waals surface area contributed by atoms with Gasteiger partial charge in [0.2, 0.25) is 0 Å². The second kappa shape index (κ2) is 9.21. The number of hydrogen-bond donors (Lipinski definition) is 2. The highest BCUT2D eigenvalue weighted by molar-refractivity contribution is 6.05. The van der Waals surface area contributed by atoms with E-state index < -0.39 is 0 Å². The Morgan fingerprint density at radius 2 is 1.66 bits per heavy atom. The van der Waals surface area contributed by atoms with E-state index in [0.29, 0.717) is 5.56 Å². The predicted molar refractivity (Wildman–Crippen MR) is 116 cm³/mol. The smallest absolute Gasteiger partial charge is 0.274 e. The number of anilines is 1. The molecule has 2 N–H and O–H groups in total. The quantitative estimate of drug-likeness (QED) is 0.711. The van der Waals surface area contributed by atoms with Crippen molar-refractivity contribution in [2.45, 2.75) is 70.8 Å². The molecule has 0 spiro atoms. The Bertz CT molecular complexity index is 862. The van der Waals surface area contributed by atoms with Crippen LogP contribution in [0, 0.1) is 0 Å². The summed E-state index contributed by atoms with van der Waals surface area (Å²) in [5.41, 5.74) is 2.43. The zero-order chi connectivity index (χ0) is 20.9. The van der Waals surface area contributed by atoms with Crippen LogP contribution in [0.1, 0.15) is 85.7 Å². The van der Waals surface area contributed by atoms with Crippen molar-refractivity contribution in [2.24, 2.45) is 0 Å². The Balaban J connectivity index is 1.72. The Kier molecular flexibility index (Phi) is 6.68. The molecule has 2 amide bonds. The number of para-hydroxylation sites is 1. The molecule has 154 valence electrons. The van der Waals surface area contributed by atoms with Crippen molar-refractivity contribution in [1.29, 1.82) is 0 Å². The molecule has 0 bridgehead atoms. The van der Waals surface area contributed by atoms with E-state index in [1.54, 1.807) is 12.1 Å². The summed E-state index contributed by atoms with van der Waals surface area (Å²) >= 11 is 0. The second-order valence-corrected chi connectivity index (χ2v) is 8.84. The molecule has 5 nitrogen and oxygen atoms in total. The maximum Gasteiger partial charge on any atom is 0.274 e. The summed E-state index contributed by atoms with van der Waals surface area (Å²) in [5.74, 6) is -0.450. The van der Waals surface area contributed by atoms with E-state index in [0.717, 1.165) is 36.9 Å². The topological polar surface area (TPSA) is 71.1 Å². The number of pyridine rings is 1. The molecule has 1 aromatic carbocycles. The summed E-state index contributed by atoms with van der Waals surface area (Å²) in [4.78, 5) is 29.7. The van der Waals surface area contributed by atoms with E-state index in [1.807, 2.05) is 24.3 Å². The fourth-order valence-electron chi connectivity index (χ4n) is 3.82. The van der Waals surface area contributed by atoms with Crippen LogP contribution in [0.4, 0.5) is 5.69 Å². The maximum atomic E-state index is 12.8. The Hall–Kier alpha value is -2.69. The molecule has 1 fully saturated rings. The summed E-state index contributed by atoms with van der Waals surface area (Å²) < 4.78 is 0. The van der Waals surface area contributed by atoms with Crippen LogP contribution in [0.25, 0.3) is 0 Å². The number of nitrogens with one attached hydrogen (secondary N) is 2. The third-order valence-electron chi connectivity index (χ3n) is 5.43. The lowest BCUT2D eigenvalue weighted by molar-refractivity contribution is 0.0933. The number of aromatic nitrogens is 1. The summed E-state index contributed by atoms with van der Waals surface area (Å²) in [5, 5.41) is 6.08. The van der Waals surface area contributed by atoms with Crippen LogP contribution in [0.3, 0.4) is 0 Å². The number of benzene rings is 1. The minimum Gasteiger partial charge on any atom is -0.349 e. The van der Waals surface area contributed by atoms with Gasteiger partial charge in [-0.25, -0.2) is 0 Å². The molecular weight excluding hydrogens is 362 g/mol. The standard InChI is InChI=1S/C24H31N3O2/c1-24(2,3)19-12-8-9-13-20(19)27-23(29)21-16-17(14-15-25-21)22(28)26-18-10-6-4-5-7-11-18/h8-9,12-16,18H,4-7,10-11H2,1-3H3,(H,26,28)(H,27,29). The molecule has 3 rings (SSSR count). The Morgan fingerprint density at radius 3 is 2.34 bits per heavy atom. The molecular formula is C24H31N3O2. The van der Waals surface area contributed by atoms with Gasteiger partial charge in [0.15, 0.2) is 0 Å². The van der Waals surface area contributed by atoms with Crippen LogP contribution in [-0.4, -0.2) is 22.8 Å². The molecule has 0 radical (unpaired) electrons. The van der Waals surface area contributed by atoms with Crippen LogP contribution < -0.4 is 10.6 Å². The number of carbonyl (C=O) groups is 2. The van der Waals surface area contributed by atoms with Crippen molar-refractivity contribution >= 4 is 17.5 Å². The van der Waals surface area contributed by atoms with Gasteiger partial charge in [0.25, 0.3) is 11.8 Å². The van der Waals surface area contributed by atoms with E-state index in [2.05, 4.69) is 36.4 Å². The minimum atomic E-state index is -0.314. The maximum absolute atomic E-state index is 12.8. The molecule has 1 aliphatic rings. The summed E-state index contributed by atoms with van der Waals surface area (Å²) in [6.07, 6.45) is 8.35. The minimum absolute atomic E-state index is 0.0995. The molecule has 5 heteroatoms. The van der Waals surface area contributed by atoms with Crippen molar-refractivity contribution in [3.05, 3.63) is 59.4 Å². The average Bonchev–Trinajstić information content (AvgIpc) is 2.96. The van der Waals surface area contributed by atoms with E-state index in [9.17, 15) is 9.59 Å². The Morgan fingerprint density at radius 1 is 0.966 bits per heavy atom. The van der Waals surface area contributed by atoms with E-state index in [4.69, 9.17) is 0 Å². The van der Waals surface area contributed by atoms with Crippen LogP contribution in [0.2, 0.25) is 0 Å². The lowest BCUT2D eigenvalue weighted by Crippen LogP contribution is -2.34. The van der Waals surface area contributed by atoms with Gasteiger partial charge in [-0.1, -0.05) is 64.7 Å². The van der Waals surface area contributed by atoms with Gasteiger partial charge in [0.1, 0.15) is 5.69 Å². The number of amides is 2. The molecule has 1 heterocycles. The van der Waals surface area contributed by atoms with Crippen LogP contribution in [-0.2, 0) is 5.41 Å². The van der Waals surface area contributed by atoms with E-state index in [1.165, 1.54) is 19.0 Å². The molecule has 0 atom stereocenters. The molecule has 2 aromatic rings. The molecule has 0 unspecified atom stereocenters. The van der Waals surface area contributed by atoms with Crippen molar-refractivity contribution < 1.29 is 9.59 Å². The predicted octanol–water partition coefficient (Wildman–Crippen LogP) is 5.08. The van der Waals surface area contributed by atoms with Crippen molar-refractivity contribution in [3.8, 4) is 0 Å². The first-order valence-corrected chi connectivity index (χ1v) is 10.5. The summed E-state index contributed by atoms with van der Waals surface area (Å²) in [6.45, 7) is 6.32. The monoisotopic (exact) mass is 393 g/mol. The zero-order valence-electron chi connectivity index (χ0n) is 17.6. The fourth-order valence-corrected chi connectivity index (χ4v) is 3.82. The van der Waals surface area contributed by atoms with Gasteiger partial charge in [0.05, 0.1) is 0 Å². The van der Waals surface area contributed by atoms with E-state index in [-0.39, 0.29) is 29.0 Å². The highest BCUT2D eigenvalue weighted by Gasteiger charge is 2.20. The number of hydrogen-bond acceptors (Lipinski definition) is 3. The zero-order valence-corrected chi connectivity index (χ0v) is 17.6. The first kappa shape index (κ1) is 21.0. The Labute approximate surface area is 173 Å². The van der Waals surface area contributed by atoms with Gasteiger partial charge < -0.3 is 10.6 Å². The van der Waals surface area contributed by atoms with Gasteiger partial charge in [-0.05, 0) is 42.0 Å². The largest absolute Gasteiger partial charge is 0.349 e. The molecule has 0 aliphatic heterocycles. The normalized spacial score (nSPS) is 15.4. The number of rotatable bonds is 4. The van der Waals surface area contributed by atoms with E-state index >= 15 is 0 Å². The van der Waals surface area contributed by atoms with Gasteiger partial charge in [-0.2, -0.15) is 0 Å². The number of nitrogens with zero attached hydrogens (tertiary/aromatic N) is 1. The van der Waals surface area contributed by atoms with Gasteiger partial charge in [0, 0.05) is 23.5 Å². The summed E-state index contributed by atoms with van der Waals surface area (Å²) in [7, 11) is 0. The third kappa shape index (κ3) is 5.66. The fraction of sp³-hybridized carbons (Fsp3) is 0.458. The lowest BCUT2D eigenvalue weighted by atomic mass is 9.86. The van der Waals surface area contributed by atoms with Gasteiger partial charge >= 0.3 is 0 Å². The highest BCUT2D eigenvalue weighted by Crippen LogP contribution is 2.29. The SMILES string of the molecule is CC(C)(C)c1ccccc1NC(=O)c1cc(C(=O)NC2CCCCCC2)ccn1. The third-order valence-corrected chi connectivity index (χ3v) is 5.43. The molecule has 1 saturated carbocycles. The van der Waals surface area contributed by atoms with Crippen molar-refractivity contribution in [2.75, 3.05) is 5.32 Å². The summed E-state index contributed by atoms with van der Waals surface area (Å²) in [6, 6.07) is 11.2. The first-order valence-electron chi connectivity index (χ1n) is 10.5. The first-order chi connectivity index (χ1) is 13.8. The van der Waals surface area contributed by atoms with Gasteiger partial charge in [-0.15, -0.1) is 0 Å².